The zero-order valence-electron chi connectivity index (χ0n) is 18.9. The zero-order chi connectivity index (χ0) is 21.6. The van der Waals surface area contributed by atoms with Crippen LogP contribution in [0.5, 0.6) is 5.75 Å². The maximum atomic E-state index is 12.7. The van der Waals surface area contributed by atoms with Crippen LogP contribution in [0.25, 0.3) is 0 Å². The van der Waals surface area contributed by atoms with Crippen LogP contribution in [0.2, 0.25) is 0 Å². The molecule has 2 aromatic rings. The molecule has 0 saturated carbocycles. The summed E-state index contributed by atoms with van der Waals surface area (Å²) in [6, 6.07) is 15.0. The van der Waals surface area contributed by atoms with E-state index in [2.05, 4.69) is 52.4 Å². The van der Waals surface area contributed by atoms with E-state index in [1.165, 1.54) is 42.4 Å². The van der Waals surface area contributed by atoms with E-state index < -0.39 is 0 Å². The van der Waals surface area contributed by atoms with Crippen LogP contribution < -0.4 is 15.0 Å². The van der Waals surface area contributed by atoms with Crippen LogP contribution in [0.3, 0.4) is 0 Å². The molecule has 1 fully saturated rings. The lowest BCUT2D eigenvalue weighted by Gasteiger charge is -2.36. The number of para-hydroxylation sites is 2. The number of nitrogens with zero attached hydrogens (tertiary/aromatic N) is 2. The minimum absolute atomic E-state index is 0.0408. The fourth-order valence-corrected chi connectivity index (χ4v) is 4.74. The summed E-state index contributed by atoms with van der Waals surface area (Å²) >= 11 is 0. The lowest BCUT2D eigenvalue weighted by molar-refractivity contribution is -0.123. The number of carbonyl (C=O) groups excluding carboxylic acids is 1. The molecule has 4 rings (SSSR count). The Morgan fingerprint density at radius 3 is 2.55 bits per heavy atom. The van der Waals surface area contributed by atoms with Gasteiger partial charge in [-0.2, -0.15) is 0 Å². The Labute approximate surface area is 186 Å². The predicted octanol–water partition coefficient (Wildman–Crippen LogP) is 3.96. The van der Waals surface area contributed by atoms with E-state index in [4.69, 9.17) is 4.74 Å². The van der Waals surface area contributed by atoms with Crippen molar-refractivity contribution in [2.75, 3.05) is 44.2 Å². The Hall–Kier alpha value is -2.53. The number of anilines is 1. The summed E-state index contributed by atoms with van der Waals surface area (Å²) in [6.07, 6.45) is 4.93. The van der Waals surface area contributed by atoms with Crippen LogP contribution >= 0.6 is 0 Å². The second kappa shape index (κ2) is 10.2. The molecule has 1 aliphatic heterocycles. The number of rotatable bonds is 7. The first-order valence-electron chi connectivity index (χ1n) is 11.7. The van der Waals surface area contributed by atoms with Gasteiger partial charge in [0.25, 0.3) is 0 Å². The smallest absolute Gasteiger partial charge is 0.234 e. The summed E-state index contributed by atoms with van der Waals surface area (Å²) in [6.45, 7) is 8.77. The largest absolute Gasteiger partial charge is 0.492 e. The number of ether oxygens (including phenoxy) is 1. The number of nitrogens with one attached hydrogen (secondary N) is 1. The molecule has 5 heteroatoms. The molecule has 0 radical (unpaired) electrons. The van der Waals surface area contributed by atoms with E-state index >= 15 is 0 Å². The number of hydrogen-bond donors (Lipinski definition) is 1. The van der Waals surface area contributed by atoms with Gasteiger partial charge in [0.2, 0.25) is 5.91 Å². The van der Waals surface area contributed by atoms with Gasteiger partial charge in [0.05, 0.1) is 24.9 Å². The minimum Gasteiger partial charge on any atom is -0.492 e. The SMILES string of the molecule is CCOc1ccccc1N1CCN(CC(=O)N[C@@H](C)c2ccc3c(c2)CCCC3)CC1. The second-order valence-corrected chi connectivity index (χ2v) is 8.69. The molecular formula is C26H35N3O2. The third kappa shape index (κ3) is 5.40. The van der Waals surface area contributed by atoms with E-state index in [1.54, 1.807) is 0 Å². The molecule has 0 unspecified atom stereocenters. The van der Waals surface area contributed by atoms with Crippen LogP contribution in [0.1, 0.15) is 49.4 Å². The van der Waals surface area contributed by atoms with Crippen LogP contribution in [0, 0.1) is 0 Å². The molecule has 1 aliphatic carbocycles. The third-order valence-corrected chi connectivity index (χ3v) is 6.50. The Bertz CT molecular complexity index is 890. The van der Waals surface area contributed by atoms with Gasteiger partial charge in [-0.1, -0.05) is 30.3 Å². The van der Waals surface area contributed by atoms with Crippen molar-refractivity contribution in [3.63, 3.8) is 0 Å². The molecule has 1 amide bonds. The molecule has 0 bridgehead atoms. The van der Waals surface area contributed by atoms with Gasteiger partial charge in [0.15, 0.2) is 0 Å². The Balaban J connectivity index is 1.27. The Kier molecular flexibility index (Phi) is 7.13. The third-order valence-electron chi connectivity index (χ3n) is 6.50. The molecule has 166 valence electrons. The van der Waals surface area contributed by atoms with Crippen molar-refractivity contribution < 1.29 is 9.53 Å². The van der Waals surface area contributed by atoms with Gasteiger partial charge in [0.1, 0.15) is 5.75 Å². The first-order valence-corrected chi connectivity index (χ1v) is 11.7. The zero-order valence-corrected chi connectivity index (χ0v) is 18.9. The highest BCUT2D eigenvalue weighted by molar-refractivity contribution is 5.78. The number of hydrogen-bond acceptors (Lipinski definition) is 4. The van der Waals surface area contributed by atoms with Gasteiger partial charge in [0, 0.05) is 26.2 Å². The summed E-state index contributed by atoms with van der Waals surface area (Å²) in [7, 11) is 0. The number of aryl methyl sites for hydroxylation is 2. The van der Waals surface area contributed by atoms with Crippen LogP contribution in [-0.2, 0) is 17.6 Å². The number of fused-ring (bicyclic) bond motifs is 1. The maximum absolute atomic E-state index is 12.7. The molecular weight excluding hydrogens is 386 g/mol. The average molecular weight is 422 g/mol. The molecule has 1 atom stereocenters. The van der Waals surface area contributed by atoms with Crippen molar-refractivity contribution in [2.45, 2.75) is 45.6 Å². The molecule has 0 spiro atoms. The van der Waals surface area contributed by atoms with Crippen molar-refractivity contribution in [1.29, 1.82) is 0 Å². The van der Waals surface area contributed by atoms with Gasteiger partial charge in [-0.3, -0.25) is 9.69 Å². The highest BCUT2D eigenvalue weighted by atomic mass is 16.5. The monoisotopic (exact) mass is 421 g/mol. The standard InChI is InChI=1S/C26H35N3O2/c1-3-31-25-11-7-6-10-24(25)29-16-14-28(15-17-29)19-26(30)27-20(2)22-13-12-21-8-4-5-9-23(21)18-22/h6-7,10-13,18,20H,3-5,8-9,14-17,19H2,1-2H3,(H,27,30)/t20-/m0/s1. The van der Waals surface area contributed by atoms with Gasteiger partial charge in [-0.05, 0) is 68.4 Å². The molecule has 1 heterocycles. The average Bonchev–Trinajstić information content (AvgIpc) is 2.80. The number of carbonyl (C=O) groups is 1. The van der Waals surface area contributed by atoms with Crippen LogP contribution in [0.4, 0.5) is 5.69 Å². The predicted molar refractivity (Wildman–Crippen MR) is 126 cm³/mol. The van der Waals surface area contributed by atoms with Crippen molar-refractivity contribution in [1.82, 2.24) is 10.2 Å². The molecule has 2 aromatic carbocycles. The van der Waals surface area contributed by atoms with Crippen molar-refractivity contribution in [3.05, 3.63) is 59.2 Å². The molecule has 0 aromatic heterocycles. The lowest BCUT2D eigenvalue weighted by atomic mass is 9.89. The number of amides is 1. The van der Waals surface area contributed by atoms with Gasteiger partial charge < -0.3 is 15.0 Å². The number of piperazine rings is 1. The Morgan fingerprint density at radius 2 is 1.77 bits per heavy atom. The highest BCUT2D eigenvalue weighted by Crippen LogP contribution is 2.29. The van der Waals surface area contributed by atoms with Crippen LogP contribution in [-0.4, -0.2) is 50.1 Å². The second-order valence-electron chi connectivity index (χ2n) is 8.69. The first-order chi connectivity index (χ1) is 15.1. The summed E-state index contributed by atoms with van der Waals surface area (Å²) in [4.78, 5) is 17.3. The Morgan fingerprint density at radius 1 is 1.03 bits per heavy atom. The van der Waals surface area contributed by atoms with Gasteiger partial charge in [-0.25, -0.2) is 0 Å². The summed E-state index contributed by atoms with van der Waals surface area (Å²) < 4.78 is 5.78. The summed E-state index contributed by atoms with van der Waals surface area (Å²) in [5.74, 6) is 1.04. The molecule has 2 aliphatic rings. The van der Waals surface area contributed by atoms with E-state index in [0.29, 0.717) is 13.2 Å². The minimum atomic E-state index is 0.0408. The topological polar surface area (TPSA) is 44.8 Å². The van der Waals surface area contributed by atoms with E-state index in [9.17, 15) is 4.79 Å². The van der Waals surface area contributed by atoms with Crippen molar-refractivity contribution >= 4 is 11.6 Å². The van der Waals surface area contributed by atoms with Gasteiger partial charge in [-0.15, -0.1) is 0 Å². The summed E-state index contributed by atoms with van der Waals surface area (Å²) in [5.41, 5.74) is 5.31. The fourth-order valence-electron chi connectivity index (χ4n) is 4.74. The molecule has 5 nitrogen and oxygen atoms in total. The van der Waals surface area contributed by atoms with E-state index in [1.807, 2.05) is 19.1 Å². The van der Waals surface area contributed by atoms with Crippen LogP contribution in [0.15, 0.2) is 42.5 Å². The van der Waals surface area contributed by atoms with E-state index in [-0.39, 0.29) is 11.9 Å². The maximum Gasteiger partial charge on any atom is 0.234 e. The quantitative estimate of drug-likeness (QED) is 0.735. The van der Waals surface area contributed by atoms with Gasteiger partial charge >= 0.3 is 0 Å². The van der Waals surface area contributed by atoms with Crippen molar-refractivity contribution in [3.8, 4) is 5.75 Å². The molecule has 1 N–H and O–H groups in total. The first kappa shape index (κ1) is 21.7. The molecule has 1 saturated heterocycles. The normalized spacial score (nSPS) is 17.7. The number of benzene rings is 2. The van der Waals surface area contributed by atoms with E-state index in [0.717, 1.165) is 37.6 Å². The highest BCUT2D eigenvalue weighted by Gasteiger charge is 2.22. The fraction of sp³-hybridized carbons (Fsp3) is 0.500. The van der Waals surface area contributed by atoms with Crippen molar-refractivity contribution in [2.24, 2.45) is 0 Å². The lowest BCUT2D eigenvalue weighted by Crippen LogP contribution is -2.49. The molecule has 31 heavy (non-hydrogen) atoms. The summed E-state index contributed by atoms with van der Waals surface area (Å²) in [5, 5.41) is 3.20.